The molecular weight excluding hydrogens is 476 g/mol. The van der Waals surface area contributed by atoms with E-state index in [1.165, 1.54) is 44.9 Å². The van der Waals surface area contributed by atoms with E-state index in [4.69, 9.17) is 4.74 Å². The molecule has 2 N–H and O–H groups in total. The number of carbonyl (C=O) groups excluding carboxylic acids is 3. The summed E-state index contributed by atoms with van der Waals surface area (Å²) >= 11 is 0. The quantitative estimate of drug-likeness (QED) is 0.0825. The summed E-state index contributed by atoms with van der Waals surface area (Å²) in [5, 5.41) is 19.7. The molecule has 0 heterocycles. The fourth-order valence-electron chi connectivity index (χ4n) is 4.08. The Morgan fingerprint density at radius 1 is 0.676 bits per heavy atom. The van der Waals surface area contributed by atoms with E-state index in [9.17, 15) is 29.4 Å². The van der Waals surface area contributed by atoms with Gasteiger partial charge < -0.3 is 19.7 Å². The molecule has 0 saturated heterocycles. The molecule has 0 aliphatic carbocycles. The number of aliphatic hydroxyl groups is 1. The number of carbonyl (C=O) groups is 4. The monoisotopic (exact) mass is 528 g/mol. The van der Waals surface area contributed by atoms with Crippen molar-refractivity contribution >= 4 is 23.9 Å². The average Bonchev–Trinajstić information content (AvgIpc) is 2.81. The van der Waals surface area contributed by atoms with Crippen LogP contribution < -0.4 is 0 Å². The van der Waals surface area contributed by atoms with Crippen LogP contribution in [0.5, 0.6) is 0 Å². The lowest BCUT2D eigenvalue weighted by atomic mass is 9.96. The second-order valence-corrected chi connectivity index (χ2v) is 10.6. The maximum atomic E-state index is 12.0. The molecule has 0 bridgehead atoms. The molecule has 0 aliphatic heterocycles. The molecule has 0 rings (SSSR count). The first kappa shape index (κ1) is 35.0. The maximum absolute atomic E-state index is 12.0. The minimum atomic E-state index is -2.68. The molecule has 0 spiro atoms. The molecule has 0 aromatic carbocycles. The maximum Gasteiger partial charge on any atom is 0.336 e. The summed E-state index contributed by atoms with van der Waals surface area (Å²) in [6.45, 7) is 6.73. The van der Waals surface area contributed by atoms with Crippen molar-refractivity contribution < 1.29 is 38.9 Å². The fraction of sp³-hybridized carbons (Fsp3) is 0.862. The van der Waals surface area contributed by atoms with Gasteiger partial charge in [0.15, 0.2) is 5.60 Å². The van der Waals surface area contributed by atoms with Crippen LogP contribution >= 0.6 is 0 Å². The van der Waals surface area contributed by atoms with Crippen LogP contribution in [0, 0.1) is 5.92 Å². The van der Waals surface area contributed by atoms with Crippen LogP contribution in [-0.4, -0.2) is 46.3 Å². The number of esters is 3. The predicted molar refractivity (Wildman–Crippen MR) is 143 cm³/mol. The Morgan fingerprint density at radius 2 is 1.16 bits per heavy atom. The van der Waals surface area contributed by atoms with E-state index in [1.807, 2.05) is 0 Å². The predicted octanol–water partition coefficient (Wildman–Crippen LogP) is 6.50. The summed E-state index contributed by atoms with van der Waals surface area (Å²) < 4.78 is 9.67. The average molecular weight is 529 g/mol. The fourth-order valence-corrected chi connectivity index (χ4v) is 4.08. The van der Waals surface area contributed by atoms with Gasteiger partial charge >= 0.3 is 23.9 Å². The van der Waals surface area contributed by atoms with Gasteiger partial charge in [-0.25, -0.2) is 4.79 Å². The van der Waals surface area contributed by atoms with Crippen LogP contribution in [0.4, 0.5) is 0 Å². The van der Waals surface area contributed by atoms with E-state index in [0.717, 1.165) is 50.9 Å². The summed E-state index contributed by atoms with van der Waals surface area (Å²) in [4.78, 5) is 47.3. The molecule has 8 nitrogen and oxygen atoms in total. The Labute approximate surface area is 223 Å². The van der Waals surface area contributed by atoms with Crippen molar-refractivity contribution in [2.24, 2.45) is 5.92 Å². The number of unbranched alkanes of at least 4 members (excludes halogenated alkanes) is 13. The van der Waals surface area contributed by atoms with E-state index >= 15 is 0 Å². The zero-order valence-electron chi connectivity index (χ0n) is 23.6. The molecular formula is C29H52O8. The Kier molecular flexibility index (Phi) is 20.9. The van der Waals surface area contributed by atoms with E-state index < -0.39 is 42.3 Å². The first-order valence-corrected chi connectivity index (χ1v) is 14.5. The molecule has 8 heteroatoms. The van der Waals surface area contributed by atoms with Gasteiger partial charge in [-0.05, 0) is 18.8 Å². The van der Waals surface area contributed by atoms with Crippen LogP contribution in [0.3, 0.4) is 0 Å². The highest BCUT2D eigenvalue weighted by atomic mass is 16.6. The van der Waals surface area contributed by atoms with E-state index in [2.05, 4.69) is 25.5 Å². The van der Waals surface area contributed by atoms with E-state index in [0.29, 0.717) is 12.8 Å². The number of hydrogen-bond acceptors (Lipinski definition) is 7. The summed E-state index contributed by atoms with van der Waals surface area (Å²) in [5.74, 6) is -3.80. The highest BCUT2D eigenvalue weighted by Gasteiger charge is 2.42. The third kappa shape index (κ3) is 20.7. The number of hydrogen-bond donors (Lipinski definition) is 2. The van der Waals surface area contributed by atoms with Gasteiger partial charge in [0, 0.05) is 6.42 Å². The highest BCUT2D eigenvalue weighted by molar-refractivity contribution is 5.92. The largest absolute Gasteiger partial charge is 0.479 e. The van der Waals surface area contributed by atoms with Crippen LogP contribution in [0.1, 0.15) is 143 Å². The smallest absolute Gasteiger partial charge is 0.336 e. The number of rotatable bonds is 24. The molecule has 0 aromatic heterocycles. The van der Waals surface area contributed by atoms with Crippen molar-refractivity contribution in [1.29, 1.82) is 0 Å². The van der Waals surface area contributed by atoms with E-state index in [-0.39, 0.29) is 13.0 Å². The molecule has 216 valence electrons. The lowest BCUT2D eigenvalue weighted by Crippen LogP contribution is -2.43. The third-order valence-corrected chi connectivity index (χ3v) is 6.42. The zero-order valence-corrected chi connectivity index (χ0v) is 23.6. The van der Waals surface area contributed by atoms with Gasteiger partial charge in [-0.1, -0.05) is 111 Å². The number of carboxylic acids is 1. The van der Waals surface area contributed by atoms with Gasteiger partial charge in [-0.15, -0.1) is 0 Å². The van der Waals surface area contributed by atoms with Gasteiger partial charge in [0.05, 0.1) is 19.4 Å². The van der Waals surface area contributed by atoms with Gasteiger partial charge in [-0.2, -0.15) is 0 Å². The van der Waals surface area contributed by atoms with Crippen molar-refractivity contribution in [2.45, 2.75) is 148 Å². The van der Waals surface area contributed by atoms with Gasteiger partial charge in [0.2, 0.25) is 0 Å². The summed E-state index contributed by atoms with van der Waals surface area (Å²) in [6, 6.07) is 0. The summed E-state index contributed by atoms with van der Waals surface area (Å²) in [6.07, 6.45) is 15.4. The van der Waals surface area contributed by atoms with Crippen LogP contribution in [0.15, 0.2) is 0 Å². The Balaban J connectivity index is 4.00. The minimum Gasteiger partial charge on any atom is -0.479 e. The highest BCUT2D eigenvalue weighted by Crippen LogP contribution is 2.19. The first-order valence-electron chi connectivity index (χ1n) is 14.5. The number of aliphatic carboxylic acids is 1. The third-order valence-electron chi connectivity index (χ3n) is 6.42. The topological polar surface area (TPSA) is 127 Å². The second kappa shape index (κ2) is 22.1. The molecule has 0 saturated carbocycles. The molecule has 1 unspecified atom stereocenters. The van der Waals surface area contributed by atoms with Crippen molar-refractivity contribution in [3.63, 3.8) is 0 Å². The van der Waals surface area contributed by atoms with Gasteiger partial charge in [0.1, 0.15) is 0 Å². The minimum absolute atomic E-state index is 0.0431. The molecule has 0 fully saturated rings. The lowest BCUT2D eigenvalue weighted by molar-refractivity contribution is -0.175. The normalized spacial score (nSPS) is 12.8. The summed E-state index contributed by atoms with van der Waals surface area (Å²) in [7, 11) is 0. The molecule has 0 amide bonds. The number of carboxylic acid groups (broad SMARTS) is 1. The standard InChI is InChI=1S/C29H52O8/c1-4-5-6-13-17-20-25(30)37-27(32)23-29(35,28(33)34)22-26(31)36-21-18-15-12-10-8-7-9-11-14-16-19-24(2)3/h24,35H,4-23H2,1-3H3,(H,33,34). The van der Waals surface area contributed by atoms with Crippen LogP contribution in [0.25, 0.3) is 0 Å². The SMILES string of the molecule is CCCCCCCC(=O)OC(=O)CC(O)(CC(=O)OCCCCCCCCCCCCC(C)C)C(=O)O. The van der Waals surface area contributed by atoms with Crippen molar-refractivity contribution in [3.8, 4) is 0 Å². The second-order valence-electron chi connectivity index (χ2n) is 10.6. The van der Waals surface area contributed by atoms with Crippen molar-refractivity contribution in [2.75, 3.05) is 6.61 Å². The Hall–Kier alpha value is -1.96. The summed E-state index contributed by atoms with van der Waals surface area (Å²) in [5.41, 5.74) is -2.68. The molecule has 1 atom stereocenters. The number of ether oxygens (including phenoxy) is 2. The molecule has 0 radical (unpaired) electrons. The van der Waals surface area contributed by atoms with Gasteiger partial charge in [-0.3, -0.25) is 14.4 Å². The van der Waals surface area contributed by atoms with Crippen molar-refractivity contribution in [3.05, 3.63) is 0 Å². The Morgan fingerprint density at radius 3 is 1.70 bits per heavy atom. The van der Waals surface area contributed by atoms with Crippen molar-refractivity contribution in [1.82, 2.24) is 0 Å². The lowest BCUT2D eigenvalue weighted by Gasteiger charge is -2.21. The van der Waals surface area contributed by atoms with Gasteiger partial charge in [0.25, 0.3) is 0 Å². The molecule has 0 aliphatic rings. The van der Waals surface area contributed by atoms with Crippen LogP contribution in [-0.2, 0) is 28.7 Å². The zero-order chi connectivity index (χ0) is 27.9. The first-order chi connectivity index (χ1) is 17.6. The van der Waals surface area contributed by atoms with Crippen LogP contribution in [0.2, 0.25) is 0 Å². The van der Waals surface area contributed by atoms with E-state index in [1.54, 1.807) is 0 Å². The molecule has 37 heavy (non-hydrogen) atoms. The Bertz CT molecular complexity index is 646. The molecule has 0 aromatic rings.